The molecule has 8 heteroatoms. The number of nitrogens with one attached hydrogen (secondary N) is 1. The summed E-state index contributed by atoms with van der Waals surface area (Å²) >= 11 is 0. The lowest BCUT2D eigenvalue weighted by Crippen LogP contribution is -2.52. The number of piperazine rings is 1. The van der Waals surface area contributed by atoms with Gasteiger partial charge in [0.15, 0.2) is 5.96 Å². The van der Waals surface area contributed by atoms with Crippen LogP contribution in [-0.4, -0.2) is 87.7 Å². The fourth-order valence-electron chi connectivity index (χ4n) is 4.45. The molecule has 8 nitrogen and oxygen atoms in total. The third kappa shape index (κ3) is 6.50. The summed E-state index contributed by atoms with van der Waals surface area (Å²) in [6.45, 7) is 10.3. The topological polar surface area (TPSA) is 86.4 Å². The zero-order valence-electron chi connectivity index (χ0n) is 19.1. The summed E-state index contributed by atoms with van der Waals surface area (Å²) in [4.78, 5) is 23.4. The molecular weight excluding hydrogens is 392 g/mol. The number of benzene rings is 1. The molecule has 2 aliphatic heterocycles. The summed E-state index contributed by atoms with van der Waals surface area (Å²) < 4.78 is 5.53. The number of rotatable bonds is 8. The molecule has 2 heterocycles. The molecule has 3 rings (SSSR count). The zero-order chi connectivity index (χ0) is 22.1. The van der Waals surface area contributed by atoms with Gasteiger partial charge in [0.2, 0.25) is 5.91 Å². The Morgan fingerprint density at radius 3 is 2.71 bits per heavy atom. The Labute approximate surface area is 186 Å². The average Bonchev–Trinajstić information content (AvgIpc) is 2.81. The molecule has 172 valence electrons. The lowest BCUT2D eigenvalue weighted by atomic mass is 9.97. The molecule has 0 saturated carbocycles. The van der Waals surface area contributed by atoms with Gasteiger partial charge in [0.05, 0.1) is 18.7 Å². The summed E-state index contributed by atoms with van der Waals surface area (Å²) in [5.41, 5.74) is 6.65. The molecule has 2 saturated heterocycles. The van der Waals surface area contributed by atoms with Gasteiger partial charge in [-0.1, -0.05) is 12.1 Å². The van der Waals surface area contributed by atoms with Gasteiger partial charge in [-0.15, -0.1) is 0 Å². The number of amides is 1. The van der Waals surface area contributed by atoms with E-state index in [0.717, 1.165) is 95.6 Å². The molecule has 2 aliphatic rings. The van der Waals surface area contributed by atoms with Crippen LogP contribution in [0, 0.1) is 5.92 Å². The van der Waals surface area contributed by atoms with E-state index in [0.29, 0.717) is 0 Å². The fourth-order valence-corrected chi connectivity index (χ4v) is 4.45. The van der Waals surface area contributed by atoms with E-state index in [-0.39, 0.29) is 11.8 Å². The van der Waals surface area contributed by atoms with E-state index < -0.39 is 0 Å². The van der Waals surface area contributed by atoms with Crippen LogP contribution in [0.1, 0.15) is 26.2 Å². The highest BCUT2D eigenvalue weighted by Gasteiger charge is 2.24. The molecular formula is C23H38N6O2. The number of ether oxygens (including phenoxy) is 1. The third-order valence-corrected chi connectivity index (χ3v) is 6.14. The Morgan fingerprint density at radius 1 is 1.23 bits per heavy atom. The Hall–Kier alpha value is -2.48. The number of hydrogen-bond donors (Lipinski definition) is 2. The molecule has 1 atom stereocenters. The molecule has 3 N–H and O–H groups in total. The maximum atomic E-state index is 11.5. The van der Waals surface area contributed by atoms with Gasteiger partial charge in [-0.05, 0) is 51.4 Å². The number of hydrogen-bond acceptors (Lipinski definition) is 5. The fraction of sp³-hybridized carbons (Fsp3) is 0.652. The van der Waals surface area contributed by atoms with E-state index in [9.17, 15) is 4.79 Å². The van der Waals surface area contributed by atoms with Crippen molar-refractivity contribution >= 4 is 17.6 Å². The molecule has 0 radical (unpaired) electrons. The van der Waals surface area contributed by atoms with Crippen LogP contribution in [0.25, 0.3) is 0 Å². The smallest absolute Gasteiger partial charge is 0.221 e. The molecule has 0 bridgehead atoms. The number of piperidine rings is 1. The Morgan fingerprint density at radius 2 is 2.00 bits per heavy atom. The largest absolute Gasteiger partial charge is 0.495 e. The van der Waals surface area contributed by atoms with Crippen molar-refractivity contribution in [2.24, 2.45) is 16.6 Å². The first-order valence-corrected chi connectivity index (χ1v) is 11.5. The van der Waals surface area contributed by atoms with Crippen molar-refractivity contribution < 1.29 is 9.53 Å². The number of primary amides is 1. The van der Waals surface area contributed by atoms with Gasteiger partial charge in [-0.3, -0.25) is 9.79 Å². The first kappa shape index (κ1) is 23.2. The third-order valence-electron chi connectivity index (χ3n) is 6.14. The average molecular weight is 431 g/mol. The van der Waals surface area contributed by atoms with Crippen molar-refractivity contribution in [1.82, 2.24) is 15.1 Å². The van der Waals surface area contributed by atoms with Crippen LogP contribution in [0.4, 0.5) is 5.69 Å². The minimum atomic E-state index is -0.163. The van der Waals surface area contributed by atoms with Crippen molar-refractivity contribution in [3.63, 3.8) is 0 Å². The molecule has 1 amide bonds. The van der Waals surface area contributed by atoms with Crippen molar-refractivity contribution in [3.05, 3.63) is 24.3 Å². The second kappa shape index (κ2) is 11.8. The van der Waals surface area contributed by atoms with Crippen LogP contribution in [0.3, 0.4) is 0 Å². The van der Waals surface area contributed by atoms with Gasteiger partial charge in [0.1, 0.15) is 5.75 Å². The molecule has 1 unspecified atom stereocenters. The second-order valence-corrected chi connectivity index (χ2v) is 8.28. The Balaban J connectivity index is 1.48. The normalized spacial score (nSPS) is 20.6. The van der Waals surface area contributed by atoms with Gasteiger partial charge >= 0.3 is 0 Å². The standard InChI is InChI=1S/C23H38N6O2/c1-3-25-23(26-11-7-13-27-12-6-8-19(18-27)22(24)30)29-16-14-28(15-17-29)20-9-4-5-10-21(20)31-2/h4-5,9-10,19H,3,6-8,11-18H2,1-2H3,(H2,24,30)(H,25,26). The van der Waals surface area contributed by atoms with Gasteiger partial charge < -0.3 is 30.5 Å². The summed E-state index contributed by atoms with van der Waals surface area (Å²) in [5, 5.41) is 3.45. The number of likely N-dealkylation sites (tertiary alicyclic amines) is 1. The summed E-state index contributed by atoms with van der Waals surface area (Å²) in [6, 6.07) is 8.20. The minimum absolute atomic E-state index is 0.00843. The SMILES string of the molecule is CCNC(=NCCCN1CCCC(C(N)=O)C1)N1CCN(c2ccccc2OC)CC1. The number of methoxy groups -OCH3 is 1. The highest BCUT2D eigenvalue weighted by molar-refractivity contribution is 5.80. The van der Waals surface area contributed by atoms with Crippen molar-refractivity contribution in [3.8, 4) is 5.75 Å². The highest BCUT2D eigenvalue weighted by atomic mass is 16.5. The molecule has 0 aromatic heterocycles. The number of carbonyl (C=O) groups excluding carboxylic acids is 1. The maximum absolute atomic E-state index is 11.5. The van der Waals surface area contributed by atoms with E-state index in [1.807, 2.05) is 12.1 Å². The number of guanidine groups is 1. The Bertz CT molecular complexity index is 733. The number of para-hydroxylation sites is 2. The first-order valence-electron chi connectivity index (χ1n) is 11.5. The van der Waals surface area contributed by atoms with Crippen LogP contribution >= 0.6 is 0 Å². The first-order chi connectivity index (χ1) is 15.1. The minimum Gasteiger partial charge on any atom is -0.495 e. The lowest BCUT2D eigenvalue weighted by molar-refractivity contribution is -0.123. The van der Waals surface area contributed by atoms with E-state index >= 15 is 0 Å². The predicted molar refractivity (Wildman–Crippen MR) is 126 cm³/mol. The molecule has 1 aromatic rings. The quantitative estimate of drug-likeness (QED) is 0.368. The second-order valence-electron chi connectivity index (χ2n) is 8.28. The highest BCUT2D eigenvalue weighted by Crippen LogP contribution is 2.28. The maximum Gasteiger partial charge on any atom is 0.221 e. The van der Waals surface area contributed by atoms with E-state index in [1.54, 1.807) is 7.11 Å². The zero-order valence-corrected chi connectivity index (χ0v) is 19.1. The summed E-state index contributed by atoms with van der Waals surface area (Å²) in [5.74, 6) is 1.77. The van der Waals surface area contributed by atoms with Crippen LogP contribution in [0.5, 0.6) is 5.75 Å². The summed E-state index contributed by atoms with van der Waals surface area (Å²) in [7, 11) is 1.73. The van der Waals surface area contributed by atoms with E-state index in [4.69, 9.17) is 15.5 Å². The number of nitrogens with zero attached hydrogens (tertiary/aromatic N) is 4. The van der Waals surface area contributed by atoms with Gasteiger partial charge in [-0.25, -0.2) is 0 Å². The number of aliphatic imine (C=N–C) groups is 1. The molecule has 0 spiro atoms. The number of carbonyl (C=O) groups is 1. The molecule has 0 aliphatic carbocycles. The predicted octanol–water partition coefficient (Wildman–Crippen LogP) is 1.37. The molecule has 2 fully saturated rings. The van der Waals surface area contributed by atoms with Crippen LogP contribution in [0.2, 0.25) is 0 Å². The van der Waals surface area contributed by atoms with E-state index in [1.165, 1.54) is 0 Å². The summed E-state index contributed by atoms with van der Waals surface area (Å²) in [6.07, 6.45) is 2.97. The number of nitrogens with two attached hydrogens (primary N) is 1. The Kier molecular flexibility index (Phi) is 8.82. The van der Waals surface area contributed by atoms with Crippen molar-refractivity contribution in [2.75, 3.05) is 70.9 Å². The van der Waals surface area contributed by atoms with Crippen molar-refractivity contribution in [1.29, 1.82) is 0 Å². The van der Waals surface area contributed by atoms with Crippen molar-refractivity contribution in [2.45, 2.75) is 26.2 Å². The van der Waals surface area contributed by atoms with Gasteiger partial charge in [0.25, 0.3) is 0 Å². The van der Waals surface area contributed by atoms with Crippen LogP contribution < -0.4 is 20.7 Å². The number of anilines is 1. The molecule has 1 aromatic carbocycles. The lowest BCUT2D eigenvalue weighted by Gasteiger charge is -2.38. The van der Waals surface area contributed by atoms with Gasteiger partial charge in [-0.2, -0.15) is 0 Å². The molecule has 31 heavy (non-hydrogen) atoms. The van der Waals surface area contributed by atoms with Crippen LogP contribution in [-0.2, 0) is 4.79 Å². The monoisotopic (exact) mass is 430 g/mol. The van der Waals surface area contributed by atoms with Gasteiger partial charge in [0, 0.05) is 45.8 Å². The van der Waals surface area contributed by atoms with Crippen LogP contribution in [0.15, 0.2) is 29.3 Å². The van der Waals surface area contributed by atoms with E-state index in [2.05, 4.69) is 39.1 Å².